The van der Waals surface area contributed by atoms with Crippen LogP contribution >= 0.6 is 0 Å². The monoisotopic (exact) mass is 291 g/mol. The van der Waals surface area contributed by atoms with Gasteiger partial charge in [0.2, 0.25) is 0 Å². The van der Waals surface area contributed by atoms with E-state index in [0.717, 1.165) is 31.4 Å². The van der Waals surface area contributed by atoms with E-state index in [1.54, 1.807) is 17.2 Å². The molecule has 1 aromatic heterocycles. The molecule has 0 saturated heterocycles. The maximum atomic E-state index is 12.3. The maximum Gasteiger partial charge on any atom is 0.272 e. The van der Waals surface area contributed by atoms with Crippen molar-refractivity contribution in [3.8, 4) is 0 Å². The molecule has 5 nitrogen and oxygen atoms in total. The van der Waals surface area contributed by atoms with E-state index in [2.05, 4.69) is 10.3 Å². The average Bonchev–Trinajstić information content (AvgIpc) is 2.97. The van der Waals surface area contributed by atoms with Gasteiger partial charge in [-0.25, -0.2) is 0 Å². The van der Waals surface area contributed by atoms with E-state index in [9.17, 15) is 9.90 Å². The van der Waals surface area contributed by atoms with Crippen molar-refractivity contribution in [2.24, 2.45) is 0 Å². The molecule has 116 valence electrons. The van der Waals surface area contributed by atoms with Gasteiger partial charge in [-0.3, -0.25) is 9.78 Å². The number of aliphatic hydroxyl groups is 1. The predicted octanol–water partition coefficient (Wildman–Crippen LogP) is 2.28. The molecular formula is C16H25N3O2. The third kappa shape index (κ3) is 3.53. The van der Waals surface area contributed by atoms with Crippen molar-refractivity contribution < 1.29 is 9.90 Å². The van der Waals surface area contributed by atoms with E-state index in [1.165, 1.54) is 0 Å². The van der Waals surface area contributed by atoms with E-state index < -0.39 is 0 Å². The topological polar surface area (TPSA) is 65.5 Å². The van der Waals surface area contributed by atoms with Crippen molar-refractivity contribution in [1.82, 2.24) is 9.88 Å². The first-order chi connectivity index (χ1) is 10.1. The molecule has 2 N–H and O–H groups in total. The molecule has 1 aromatic rings. The summed E-state index contributed by atoms with van der Waals surface area (Å²) in [6.07, 6.45) is 5.84. The summed E-state index contributed by atoms with van der Waals surface area (Å²) in [7, 11) is 0. The zero-order chi connectivity index (χ0) is 15.3. The van der Waals surface area contributed by atoms with Gasteiger partial charge < -0.3 is 15.3 Å². The molecule has 1 aliphatic carbocycles. The summed E-state index contributed by atoms with van der Waals surface area (Å²) in [6.45, 7) is 5.39. The minimum atomic E-state index is -0.239. The van der Waals surface area contributed by atoms with E-state index in [0.29, 0.717) is 18.8 Å². The first-order valence-electron chi connectivity index (χ1n) is 7.78. The third-order valence-electron chi connectivity index (χ3n) is 4.30. The summed E-state index contributed by atoms with van der Waals surface area (Å²) in [5, 5.41) is 13.1. The molecule has 5 heteroatoms. The number of aliphatic hydroxyl groups excluding tert-OH is 1. The summed E-state index contributed by atoms with van der Waals surface area (Å²) in [6, 6.07) is 3.64. The summed E-state index contributed by atoms with van der Waals surface area (Å²) in [4.78, 5) is 18.3. The van der Waals surface area contributed by atoms with Crippen LogP contribution in [0, 0.1) is 0 Å². The number of hydrogen-bond donors (Lipinski definition) is 2. The molecule has 1 heterocycles. The van der Waals surface area contributed by atoms with Crippen LogP contribution in [0.2, 0.25) is 0 Å². The van der Waals surface area contributed by atoms with E-state index in [4.69, 9.17) is 0 Å². The number of pyridine rings is 1. The Morgan fingerprint density at radius 3 is 2.62 bits per heavy atom. The Labute approximate surface area is 126 Å². The molecule has 1 fully saturated rings. The van der Waals surface area contributed by atoms with Gasteiger partial charge in [0.25, 0.3) is 5.91 Å². The van der Waals surface area contributed by atoms with Crippen LogP contribution in [0.4, 0.5) is 5.69 Å². The molecule has 0 radical (unpaired) electrons. The fourth-order valence-electron chi connectivity index (χ4n) is 2.98. The lowest BCUT2D eigenvalue weighted by Crippen LogP contribution is -2.39. The van der Waals surface area contributed by atoms with E-state index in [-0.39, 0.29) is 18.1 Å². The molecule has 1 aliphatic rings. The largest absolute Gasteiger partial charge is 0.394 e. The summed E-state index contributed by atoms with van der Waals surface area (Å²) < 4.78 is 0. The highest BCUT2D eigenvalue weighted by Gasteiger charge is 2.33. The summed E-state index contributed by atoms with van der Waals surface area (Å²) in [5.41, 5.74) is 1.07. The molecule has 1 saturated carbocycles. The summed E-state index contributed by atoms with van der Waals surface area (Å²) >= 11 is 0. The zero-order valence-electron chi connectivity index (χ0n) is 12.9. The lowest BCUT2D eigenvalue weighted by Gasteiger charge is -2.29. The van der Waals surface area contributed by atoms with Crippen LogP contribution in [-0.4, -0.2) is 46.1 Å². The van der Waals surface area contributed by atoms with E-state index >= 15 is 0 Å². The summed E-state index contributed by atoms with van der Waals surface area (Å²) in [5.74, 6) is -0.0480. The van der Waals surface area contributed by atoms with Gasteiger partial charge in [0, 0.05) is 25.0 Å². The maximum absolute atomic E-state index is 12.3. The fourth-order valence-corrected chi connectivity index (χ4v) is 2.98. The molecule has 0 atom stereocenters. The number of nitrogens with zero attached hydrogens (tertiary/aromatic N) is 2. The van der Waals surface area contributed by atoms with Crippen LogP contribution in [0.3, 0.4) is 0 Å². The Morgan fingerprint density at radius 1 is 1.38 bits per heavy atom. The van der Waals surface area contributed by atoms with Crippen LogP contribution < -0.4 is 5.32 Å². The minimum Gasteiger partial charge on any atom is -0.394 e. The van der Waals surface area contributed by atoms with Crippen molar-refractivity contribution in [2.45, 2.75) is 45.1 Å². The number of nitrogens with one attached hydrogen (secondary N) is 1. The van der Waals surface area contributed by atoms with Gasteiger partial charge in [0.15, 0.2) is 0 Å². The molecular weight excluding hydrogens is 266 g/mol. The molecule has 2 rings (SSSR count). The molecule has 0 bridgehead atoms. The average molecular weight is 291 g/mol. The quantitative estimate of drug-likeness (QED) is 0.844. The van der Waals surface area contributed by atoms with Gasteiger partial charge in [-0.15, -0.1) is 0 Å². The van der Waals surface area contributed by atoms with Crippen molar-refractivity contribution in [1.29, 1.82) is 0 Å². The van der Waals surface area contributed by atoms with Gasteiger partial charge >= 0.3 is 0 Å². The number of carbonyl (C=O) groups is 1. The number of amides is 1. The molecule has 21 heavy (non-hydrogen) atoms. The van der Waals surface area contributed by atoms with Crippen LogP contribution in [-0.2, 0) is 0 Å². The first kappa shape index (κ1) is 15.8. The van der Waals surface area contributed by atoms with Crippen molar-refractivity contribution in [3.63, 3.8) is 0 Å². The van der Waals surface area contributed by atoms with E-state index in [1.807, 2.05) is 19.9 Å². The highest BCUT2D eigenvalue weighted by molar-refractivity contribution is 5.93. The Morgan fingerprint density at radius 2 is 2.05 bits per heavy atom. The van der Waals surface area contributed by atoms with Gasteiger partial charge in [-0.1, -0.05) is 12.8 Å². The fraction of sp³-hybridized carbons (Fsp3) is 0.625. The smallest absolute Gasteiger partial charge is 0.272 e. The van der Waals surface area contributed by atoms with Crippen molar-refractivity contribution in [2.75, 3.05) is 25.0 Å². The Kier molecular flexibility index (Phi) is 5.17. The van der Waals surface area contributed by atoms with Crippen LogP contribution in [0.1, 0.15) is 50.0 Å². The normalized spacial score (nSPS) is 16.7. The second kappa shape index (κ2) is 6.89. The molecule has 1 amide bonds. The van der Waals surface area contributed by atoms with Gasteiger partial charge in [-0.2, -0.15) is 0 Å². The number of aromatic nitrogens is 1. The SMILES string of the molecule is CCN(CC)C(=O)c1cc(NC2(CO)CCCC2)ccn1. The molecule has 0 aliphatic heterocycles. The first-order valence-corrected chi connectivity index (χ1v) is 7.78. The second-order valence-corrected chi connectivity index (χ2v) is 5.68. The number of hydrogen-bond acceptors (Lipinski definition) is 4. The van der Waals surface area contributed by atoms with Gasteiger partial charge in [0.1, 0.15) is 5.69 Å². The van der Waals surface area contributed by atoms with Crippen molar-refractivity contribution in [3.05, 3.63) is 24.0 Å². The lowest BCUT2D eigenvalue weighted by molar-refractivity contribution is 0.0767. The van der Waals surface area contributed by atoms with Gasteiger partial charge in [0.05, 0.1) is 12.1 Å². The predicted molar refractivity (Wildman–Crippen MR) is 83.4 cm³/mol. The van der Waals surface area contributed by atoms with Crippen LogP contribution in [0.25, 0.3) is 0 Å². The Hall–Kier alpha value is -1.62. The Bertz CT molecular complexity index is 480. The molecule has 0 unspecified atom stereocenters. The minimum absolute atomic E-state index is 0.0480. The highest BCUT2D eigenvalue weighted by atomic mass is 16.3. The molecule has 0 spiro atoms. The number of carbonyl (C=O) groups excluding carboxylic acids is 1. The number of rotatable bonds is 6. The standard InChI is InChI=1S/C16H25N3O2/c1-3-19(4-2)15(21)14-11-13(7-10-17-14)18-16(12-20)8-5-6-9-16/h7,10-11,20H,3-6,8-9,12H2,1-2H3,(H,17,18). The number of anilines is 1. The Balaban J connectivity index is 2.16. The highest BCUT2D eigenvalue weighted by Crippen LogP contribution is 2.32. The zero-order valence-corrected chi connectivity index (χ0v) is 12.9. The lowest BCUT2D eigenvalue weighted by atomic mass is 9.98. The molecule has 0 aromatic carbocycles. The second-order valence-electron chi connectivity index (χ2n) is 5.68. The van der Waals surface area contributed by atoms with Crippen LogP contribution in [0.15, 0.2) is 18.3 Å². The van der Waals surface area contributed by atoms with Gasteiger partial charge in [-0.05, 0) is 38.8 Å². The van der Waals surface area contributed by atoms with Crippen molar-refractivity contribution >= 4 is 11.6 Å². The van der Waals surface area contributed by atoms with Crippen LogP contribution in [0.5, 0.6) is 0 Å². The third-order valence-corrected chi connectivity index (χ3v) is 4.30.